The molecule has 0 N–H and O–H groups in total. The molecule has 0 fully saturated rings. The molecule has 6 heteroatoms. The third-order valence-corrected chi connectivity index (χ3v) is 5.51. The van der Waals surface area contributed by atoms with Crippen molar-refractivity contribution in [1.82, 2.24) is 15.0 Å². The number of hydrogen-bond acceptors (Lipinski definition) is 3. The minimum Gasteiger partial charge on any atom is -0.259 e. The number of fused-ring (bicyclic) bond motifs is 1. The van der Waals surface area contributed by atoms with Crippen LogP contribution < -0.4 is 0 Å². The molecule has 1 aromatic heterocycles. The van der Waals surface area contributed by atoms with E-state index in [1.54, 1.807) is 16.8 Å². The van der Waals surface area contributed by atoms with Crippen molar-refractivity contribution in [3.05, 3.63) is 65.5 Å². The van der Waals surface area contributed by atoms with Crippen molar-refractivity contribution in [2.75, 3.05) is 11.5 Å². The van der Waals surface area contributed by atoms with Crippen LogP contribution in [0.15, 0.2) is 54.1 Å². The predicted octanol–water partition coefficient (Wildman–Crippen LogP) is 4.01. The predicted molar refractivity (Wildman–Crippen MR) is 100 cm³/mol. The fourth-order valence-corrected chi connectivity index (χ4v) is 4.02. The number of aromatic nitrogens is 3. The van der Waals surface area contributed by atoms with E-state index in [2.05, 4.69) is 10.3 Å². The van der Waals surface area contributed by atoms with Crippen molar-refractivity contribution in [1.29, 1.82) is 0 Å². The molecule has 1 atom stereocenters. The molecule has 25 heavy (non-hydrogen) atoms. The van der Waals surface area contributed by atoms with Crippen LogP contribution in [0.4, 0.5) is 4.39 Å². The fraction of sp³-hybridized carbons (Fsp3) is 0.263. The average Bonchev–Trinajstić information content (AvgIpc) is 3.01. The van der Waals surface area contributed by atoms with Crippen LogP contribution >= 0.6 is 0 Å². The summed E-state index contributed by atoms with van der Waals surface area (Å²) in [6, 6.07) is 13.9. The Morgan fingerprint density at radius 2 is 1.88 bits per heavy atom. The third-order valence-electron chi connectivity index (χ3n) is 3.89. The van der Waals surface area contributed by atoms with Crippen molar-refractivity contribution < 1.29 is 8.60 Å². The zero-order valence-electron chi connectivity index (χ0n) is 14.3. The zero-order chi connectivity index (χ0) is 17.8. The van der Waals surface area contributed by atoms with E-state index < -0.39 is 10.8 Å². The molecule has 0 aliphatic heterocycles. The van der Waals surface area contributed by atoms with Gasteiger partial charge in [0.15, 0.2) is 0 Å². The monoisotopic (exact) mass is 357 g/mol. The van der Waals surface area contributed by atoms with Gasteiger partial charge in [-0.25, -0.2) is 9.07 Å². The first kappa shape index (κ1) is 17.5. The summed E-state index contributed by atoms with van der Waals surface area (Å²) < 4.78 is 27.4. The van der Waals surface area contributed by atoms with Gasteiger partial charge in [0.1, 0.15) is 11.3 Å². The molecule has 130 valence electrons. The number of hydrogen-bond donors (Lipinski definition) is 0. The first-order chi connectivity index (χ1) is 12.1. The largest absolute Gasteiger partial charge is 0.259 e. The first-order valence-electron chi connectivity index (χ1n) is 8.21. The lowest BCUT2D eigenvalue weighted by Gasteiger charge is -2.13. The number of halogens is 1. The van der Waals surface area contributed by atoms with Gasteiger partial charge in [0.25, 0.3) is 0 Å². The molecule has 0 radical (unpaired) electrons. The Balaban J connectivity index is 2.15. The molecular weight excluding hydrogens is 337 g/mol. The molecule has 0 saturated carbocycles. The van der Waals surface area contributed by atoms with Gasteiger partial charge in [0.05, 0.1) is 11.2 Å². The van der Waals surface area contributed by atoms with Gasteiger partial charge < -0.3 is 0 Å². The van der Waals surface area contributed by atoms with Gasteiger partial charge in [-0.1, -0.05) is 24.3 Å². The van der Waals surface area contributed by atoms with Gasteiger partial charge in [-0.3, -0.25) is 4.21 Å². The summed E-state index contributed by atoms with van der Waals surface area (Å²) in [5.41, 5.74) is 4.21. The van der Waals surface area contributed by atoms with Crippen molar-refractivity contribution in [3.63, 3.8) is 0 Å². The normalized spacial score (nSPS) is 13.7. The van der Waals surface area contributed by atoms with Crippen LogP contribution in [0, 0.1) is 5.82 Å². The Hall–Kier alpha value is -2.34. The van der Waals surface area contributed by atoms with Crippen molar-refractivity contribution in [3.8, 4) is 0 Å². The number of rotatable bonds is 6. The molecule has 0 saturated heterocycles. The molecule has 0 aliphatic carbocycles. The maximum atomic E-state index is 13.4. The van der Waals surface area contributed by atoms with Gasteiger partial charge in [-0.05, 0) is 55.3 Å². The Kier molecular flexibility index (Phi) is 5.38. The van der Waals surface area contributed by atoms with Crippen LogP contribution in [0.1, 0.15) is 25.8 Å². The first-order valence-corrected chi connectivity index (χ1v) is 9.70. The number of para-hydroxylation sites is 1. The number of nitrogens with zero attached hydrogens (tertiary/aromatic N) is 3. The molecule has 4 nitrogen and oxygen atoms in total. The van der Waals surface area contributed by atoms with Crippen molar-refractivity contribution in [2.45, 2.75) is 20.3 Å². The highest BCUT2D eigenvalue weighted by atomic mass is 32.2. The molecule has 1 unspecified atom stereocenters. The van der Waals surface area contributed by atoms with Crippen LogP contribution in [0.2, 0.25) is 0 Å². The molecule has 0 spiro atoms. The number of benzene rings is 2. The van der Waals surface area contributed by atoms with E-state index >= 15 is 0 Å². The van der Waals surface area contributed by atoms with E-state index in [0.29, 0.717) is 11.5 Å². The summed E-state index contributed by atoms with van der Waals surface area (Å²) in [5.74, 6) is 0.819. The average molecular weight is 357 g/mol. The quantitative estimate of drug-likeness (QED) is 0.670. The minimum absolute atomic E-state index is 0.293. The Bertz CT molecular complexity index is 931. The summed E-state index contributed by atoms with van der Waals surface area (Å²) in [5, 5.41) is 8.49. The van der Waals surface area contributed by atoms with E-state index in [-0.39, 0.29) is 5.82 Å². The molecular formula is C19H20FN3OS. The Morgan fingerprint density at radius 1 is 1.16 bits per heavy atom. The molecule has 3 aromatic rings. The lowest BCUT2D eigenvalue weighted by molar-refractivity contribution is 0.627. The molecule has 3 rings (SSSR count). The topological polar surface area (TPSA) is 47.8 Å². The van der Waals surface area contributed by atoms with Crippen LogP contribution in [-0.4, -0.2) is 30.7 Å². The maximum absolute atomic E-state index is 13.4. The van der Waals surface area contributed by atoms with Crippen LogP contribution in [0.25, 0.3) is 16.7 Å². The fourth-order valence-electron chi connectivity index (χ4n) is 2.80. The second-order valence-corrected chi connectivity index (χ2v) is 7.49. The van der Waals surface area contributed by atoms with Gasteiger partial charge in [0, 0.05) is 27.9 Å². The van der Waals surface area contributed by atoms with E-state index in [1.807, 2.05) is 38.1 Å². The lowest BCUT2D eigenvalue weighted by atomic mass is 10.1. The third kappa shape index (κ3) is 3.85. The molecule has 2 aromatic carbocycles. The van der Waals surface area contributed by atoms with Crippen LogP contribution in [0.5, 0.6) is 0 Å². The summed E-state index contributed by atoms with van der Waals surface area (Å²) in [7, 11) is -0.938. The standard InChI is InChI=1S/C19H20FN3OS/c1-3-12-25(24)13-14(2)19(15-8-10-16(20)11-9-15)23-18-7-5-4-6-17(18)21-22-23/h4-11H,3,12-13H2,1-2H3/b19-14-. The summed E-state index contributed by atoms with van der Waals surface area (Å²) in [6.45, 7) is 3.96. The highest BCUT2D eigenvalue weighted by molar-refractivity contribution is 7.85. The summed E-state index contributed by atoms with van der Waals surface area (Å²) >= 11 is 0. The Morgan fingerprint density at radius 3 is 2.60 bits per heavy atom. The van der Waals surface area contributed by atoms with Crippen LogP contribution in [0.3, 0.4) is 0 Å². The summed E-state index contributed by atoms with van der Waals surface area (Å²) in [6.07, 6.45) is 0.873. The molecule has 0 bridgehead atoms. The second-order valence-electron chi connectivity index (χ2n) is 5.91. The van der Waals surface area contributed by atoms with E-state index in [1.165, 1.54) is 12.1 Å². The maximum Gasteiger partial charge on any atom is 0.123 e. The highest BCUT2D eigenvalue weighted by Gasteiger charge is 2.15. The van der Waals surface area contributed by atoms with Gasteiger partial charge >= 0.3 is 0 Å². The van der Waals surface area contributed by atoms with Crippen LogP contribution in [-0.2, 0) is 10.8 Å². The molecule has 0 aliphatic rings. The van der Waals surface area contributed by atoms with Gasteiger partial charge in [0.2, 0.25) is 0 Å². The minimum atomic E-state index is -0.938. The smallest absolute Gasteiger partial charge is 0.123 e. The lowest BCUT2D eigenvalue weighted by Crippen LogP contribution is -2.10. The van der Waals surface area contributed by atoms with Crippen molar-refractivity contribution >= 4 is 27.5 Å². The van der Waals surface area contributed by atoms with E-state index in [0.717, 1.165) is 34.3 Å². The van der Waals surface area contributed by atoms with Gasteiger partial charge in [-0.15, -0.1) is 5.10 Å². The Labute approximate surface area is 148 Å². The SMILES string of the molecule is CCCS(=O)C/C(C)=C(/c1ccc(F)cc1)n1nnc2ccccc21. The van der Waals surface area contributed by atoms with Gasteiger partial charge in [-0.2, -0.15) is 0 Å². The van der Waals surface area contributed by atoms with E-state index in [4.69, 9.17) is 0 Å². The summed E-state index contributed by atoms with van der Waals surface area (Å²) in [4.78, 5) is 0. The van der Waals surface area contributed by atoms with E-state index in [9.17, 15) is 8.60 Å². The van der Waals surface area contributed by atoms with Crippen molar-refractivity contribution in [2.24, 2.45) is 0 Å². The highest BCUT2D eigenvalue weighted by Crippen LogP contribution is 2.25. The molecule has 0 amide bonds. The molecule has 1 heterocycles. The zero-order valence-corrected chi connectivity index (χ0v) is 15.1. The second kappa shape index (κ2) is 7.70.